The van der Waals surface area contributed by atoms with E-state index in [0.717, 1.165) is 0 Å². The molecule has 1 N–H and O–H groups in total. The molecule has 0 bridgehead atoms. The minimum Gasteiger partial charge on any atom is -0.440 e. The van der Waals surface area contributed by atoms with E-state index in [1.807, 2.05) is 91.0 Å². The van der Waals surface area contributed by atoms with Crippen molar-refractivity contribution in [2.24, 2.45) is 0 Å². The van der Waals surface area contributed by atoms with Crippen LogP contribution in [0.2, 0.25) is 0 Å². The van der Waals surface area contributed by atoms with Gasteiger partial charge >= 0.3 is 16.1 Å². The highest BCUT2D eigenvalue weighted by molar-refractivity contribution is 7.90. The summed E-state index contributed by atoms with van der Waals surface area (Å²) in [5, 5.41) is 2.09. The standard InChI is InChI=1S/C26H28O5SSi/c1-4-20-26(32(28,29)30,31-25(27)21(2)3)33(22-14-8-5-9-15-22,23-16-10-6-11-17-23)24-18-12-7-13-19-24/h5-19H,2,4,20H2,1,3H3,(H,28,29,30). The van der Waals surface area contributed by atoms with Crippen LogP contribution in [0.25, 0.3) is 0 Å². The van der Waals surface area contributed by atoms with Gasteiger partial charge in [-0.3, -0.25) is 4.55 Å². The molecule has 0 heterocycles. The SMILES string of the molecule is C=C(C)C(=O)OC(CCC)([Si](c1ccccc1)(c1ccccc1)c1ccccc1)S(=O)(=O)O. The number of hydrogen-bond donors (Lipinski definition) is 1. The minimum absolute atomic E-state index is 0.0520. The maximum atomic E-state index is 13.5. The second-order valence-corrected chi connectivity index (χ2v) is 14.0. The minimum atomic E-state index is -4.94. The largest absolute Gasteiger partial charge is 0.440 e. The molecule has 0 amide bonds. The van der Waals surface area contributed by atoms with E-state index in [4.69, 9.17) is 4.74 Å². The lowest BCUT2D eigenvalue weighted by Crippen LogP contribution is -2.82. The van der Waals surface area contributed by atoms with Gasteiger partial charge in [-0.25, -0.2) is 4.79 Å². The molecule has 0 aliphatic carbocycles. The van der Waals surface area contributed by atoms with Gasteiger partial charge in [-0.05, 0) is 22.5 Å². The van der Waals surface area contributed by atoms with Gasteiger partial charge in [0.1, 0.15) is 0 Å². The van der Waals surface area contributed by atoms with Crippen LogP contribution in [0.15, 0.2) is 103 Å². The Morgan fingerprint density at radius 1 is 0.879 bits per heavy atom. The zero-order chi connectivity index (χ0) is 24.1. The van der Waals surface area contributed by atoms with E-state index in [2.05, 4.69) is 6.58 Å². The van der Waals surface area contributed by atoms with Gasteiger partial charge in [0.15, 0.2) is 0 Å². The van der Waals surface area contributed by atoms with Gasteiger partial charge in [-0.1, -0.05) is 111 Å². The highest BCUT2D eigenvalue weighted by atomic mass is 32.2. The summed E-state index contributed by atoms with van der Waals surface area (Å²) in [6.45, 7) is 6.90. The predicted molar refractivity (Wildman–Crippen MR) is 134 cm³/mol. The van der Waals surface area contributed by atoms with Gasteiger partial charge < -0.3 is 4.74 Å². The predicted octanol–water partition coefficient (Wildman–Crippen LogP) is 3.20. The first-order valence-electron chi connectivity index (χ1n) is 10.7. The first-order valence-corrected chi connectivity index (χ1v) is 14.2. The summed E-state index contributed by atoms with van der Waals surface area (Å²) in [6, 6.07) is 27.5. The van der Waals surface area contributed by atoms with E-state index in [1.54, 1.807) is 6.92 Å². The van der Waals surface area contributed by atoms with Crippen LogP contribution < -0.4 is 15.6 Å². The molecule has 172 valence electrons. The lowest BCUT2D eigenvalue weighted by molar-refractivity contribution is -0.143. The number of esters is 1. The lowest BCUT2D eigenvalue weighted by Gasteiger charge is -2.47. The van der Waals surface area contributed by atoms with Crippen molar-refractivity contribution < 1.29 is 22.5 Å². The second kappa shape index (κ2) is 9.87. The topological polar surface area (TPSA) is 80.7 Å². The van der Waals surface area contributed by atoms with Gasteiger partial charge in [0.25, 0.3) is 0 Å². The third-order valence-electron chi connectivity index (χ3n) is 5.79. The smallest absolute Gasteiger partial charge is 0.334 e. The number of carbonyl (C=O) groups is 1. The van der Waals surface area contributed by atoms with Crippen molar-refractivity contribution in [2.75, 3.05) is 0 Å². The lowest BCUT2D eigenvalue weighted by atomic mass is 10.3. The van der Waals surface area contributed by atoms with E-state index in [9.17, 15) is 17.8 Å². The fourth-order valence-electron chi connectivity index (χ4n) is 4.48. The highest BCUT2D eigenvalue weighted by Crippen LogP contribution is 2.36. The third-order valence-corrected chi connectivity index (χ3v) is 13.7. The Hall–Kier alpha value is -3.00. The average molecular weight is 481 g/mol. The molecule has 0 saturated heterocycles. The molecule has 1 unspecified atom stereocenters. The van der Waals surface area contributed by atoms with Gasteiger partial charge in [-0.15, -0.1) is 0 Å². The number of ether oxygens (including phenoxy) is 1. The maximum Gasteiger partial charge on any atom is 0.334 e. The van der Waals surface area contributed by atoms with Crippen molar-refractivity contribution in [1.29, 1.82) is 0 Å². The fourth-order valence-corrected chi connectivity index (χ4v) is 13.0. The summed E-state index contributed by atoms with van der Waals surface area (Å²) in [7, 11) is -8.73. The molecule has 3 aromatic rings. The van der Waals surface area contributed by atoms with Crippen LogP contribution in [0.1, 0.15) is 26.7 Å². The first kappa shape index (κ1) is 24.6. The molecular formula is C26H28O5SSi. The molecule has 0 aromatic heterocycles. The molecule has 7 heteroatoms. The van der Waals surface area contributed by atoms with Crippen molar-refractivity contribution in [3.8, 4) is 0 Å². The molecule has 0 fully saturated rings. The van der Waals surface area contributed by atoms with E-state index in [-0.39, 0.29) is 12.0 Å². The van der Waals surface area contributed by atoms with Crippen LogP contribution in [0.5, 0.6) is 0 Å². The van der Waals surface area contributed by atoms with Crippen molar-refractivity contribution >= 4 is 39.7 Å². The molecule has 0 saturated carbocycles. The summed E-state index contributed by atoms with van der Waals surface area (Å²) in [6.07, 6.45) is 0.264. The molecule has 1 atom stereocenters. The Morgan fingerprint density at radius 2 is 1.24 bits per heavy atom. The Kier molecular flexibility index (Phi) is 7.37. The first-order chi connectivity index (χ1) is 15.7. The summed E-state index contributed by atoms with van der Waals surface area (Å²) >= 11 is 0. The summed E-state index contributed by atoms with van der Waals surface area (Å²) in [5.41, 5.74) is 0.0520. The van der Waals surface area contributed by atoms with Crippen molar-refractivity contribution in [3.63, 3.8) is 0 Å². The molecule has 5 nitrogen and oxygen atoms in total. The van der Waals surface area contributed by atoms with Crippen LogP contribution in [0, 0.1) is 0 Å². The van der Waals surface area contributed by atoms with Crippen molar-refractivity contribution in [1.82, 2.24) is 0 Å². The van der Waals surface area contributed by atoms with E-state index < -0.39 is 28.7 Å². The number of benzene rings is 3. The van der Waals surface area contributed by atoms with Gasteiger partial charge in [0.2, 0.25) is 12.6 Å². The van der Waals surface area contributed by atoms with Gasteiger partial charge in [0.05, 0.1) is 0 Å². The second-order valence-electron chi connectivity index (χ2n) is 8.00. The molecule has 3 aromatic carbocycles. The monoisotopic (exact) mass is 480 g/mol. The Bertz CT molecular complexity index is 1110. The van der Waals surface area contributed by atoms with Gasteiger partial charge in [0, 0.05) is 12.0 Å². The van der Waals surface area contributed by atoms with Crippen molar-refractivity contribution in [2.45, 2.75) is 31.2 Å². The zero-order valence-corrected chi connectivity index (χ0v) is 20.6. The molecule has 0 radical (unpaired) electrons. The number of carbonyl (C=O) groups excluding carboxylic acids is 1. The van der Waals surface area contributed by atoms with E-state index in [0.29, 0.717) is 22.0 Å². The molecular weight excluding hydrogens is 452 g/mol. The Balaban J connectivity index is 2.62. The average Bonchev–Trinajstić information content (AvgIpc) is 2.81. The van der Waals surface area contributed by atoms with Crippen LogP contribution in [-0.2, 0) is 19.6 Å². The van der Waals surface area contributed by atoms with Crippen LogP contribution >= 0.6 is 0 Å². The van der Waals surface area contributed by atoms with Crippen LogP contribution in [0.4, 0.5) is 0 Å². The molecule has 0 spiro atoms. The molecule has 33 heavy (non-hydrogen) atoms. The summed E-state index contributed by atoms with van der Waals surface area (Å²) in [4.78, 5) is 12.9. The van der Waals surface area contributed by atoms with Crippen molar-refractivity contribution in [3.05, 3.63) is 103 Å². The molecule has 0 aliphatic heterocycles. The van der Waals surface area contributed by atoms with Gasteiger partial charge in [-0.2, -0.15) is 8.42 Å². The molecule has 0 aliphatic rings. The number of hydrogen-bond acceptors (Lipinski definition) is 4. The fraction of sp³-hybridized carbons (Fsp3) is 0.192. The van der Waals surface area contributed by atoms with Crippen LogP contribution in [-0.4, -0.2) is 31.6 Å². The van der Waals surface area contributed by atoms with Crippen LogP contribution in [0.3, 0.4) is 0 Å². The zero-order valence-electron chi connectivity index (χ0n) is 18.8. The summed E-state index contributed by atoms with van der Waals surface area (Å²) in [5.74, 6) is -0.860. The quantitative estimate of drug-likeness (QED) is 0.167. The number of rotatable bonds is 9. The summed E-state index contributed by atoms with van der Waals surface area (Å²) < 4.78 is 41.5. The highest BCUT2D eigenvalue weighted by Gasteiger charge is 2.67. The van der Waals surface area contributed by atoms with E-state index in [1.165, 1.54) is 6.92 Å². The molecule has 3 rings (SSSR count). The normalized spacial score (nSPS) is 13.7. The third kappa shape index (κ3) is 4.31. The Labute approximate surface area is 196 Å². The Morgan fingerprint density at radius 3 is 1.52 bits per heavy atom. The maximum absolute atomic E-state index is 13.5. The van der Waals surface area contributed by atoms with E-state index >= 15 is 0 Å².